The summed E-state index contributed by atoms with van der Waals surface area (Å²) in [5.74, 6) is 3.63. The second kappa shape index (κ2) is 6.13. The minimum Gasteiger partial charge on any atom is -0.328 e. The Kier molecular flexibility index (Phi) is 4.71. The van der Waals surface area contributed by atoms with Gasteiger partial charge < -0.3 is 5.73 Å². The van der Waals surface area contributed by atoms with Gasteiger partial charge in [0.25, 0.3) is 0 Å². The fraction of sp³-hybridized carbons (Fsp3) is 0.857. The molecule has 1 unspecified atom stereocenters. The topological polar surface area (TPSA) is 43.1 Å². The molecule has 4 aliphatic carbocycles. The van der Waals surface area contributed by atoms with Gasteiger partial charge in [0, 0.05) is 12.5 Å². The van der Waals surface area contributed by atoms with Gasteiger partial charge >= 0.3 is 0 Å². The molecule has 0 aromatic rings. The molecule has 24 heavy (non-hydrogen) atoms. The van der Waals surface area contributed by atoms with E-state index in [9.17, 15) is 4.79 Å². The van der Waals surface area contributed by atoms with Crippen molar-refractivity contribution in [1.29, 1.82) is 0 Å². The molecule has 0 heterocycles. The number of carbonyl (C=O) groups is 1. The summed E-state index contributed by atoms with van der Waals surface area (Å²) in [6, 6.07) is 0.337. The quantitative estimate of drug-likeness (QED) is 0.729. The van der Waals surface area contributed by atoms with E-state index in [1.165, 1.54) is 44.1 Å². The lowest BCUT2D eigenvalue weighted by Gasteiger charge is -2.58. The van der Waals surface area contributed by atoms with Crippen molar-refractivity contribution < 1.29 is 4.79 Å². The first-order valence-corrected chi connectivity index (χ1v) is 9.86. The highest BCUT2D eigenvalue weighted by atomic mass is 35.5. The molecule has 3 heteroatoms. The number of fused-ring (bicyclic) bond motifs is 5. The minimum atomic E-state index is 0. The first kappa shape index (κ1) is 18.5. The SMILES string of the molecule is CC(N)[C@H]1CC[C@H]2[C@@H]3CCC4=CC(=O)CC[C@]4(C)[C@H]3CC[C@]12C.Cl. The largest absolute Gasteiger partial charge is 0.328 e. The molecule has 0 saturated heterocycles. The third-order valence-corrected chi connectivity index (χ3v) is 8.67. The van der Waals surface area contributed by atoms with E-state index in [4.69, 9.17) is 5.73 Å². The van der Waals surface area contributed by atoms with Gasteiger partial charge in [-0.15, -0.1) is 12.4 Å². The van der Waals surface area contributed by atoms with Crippen LogP contribution in [0.25, 0.3) is 0 Å². The standard InChI is InChI=1S/C21H33NO.ClH/c1-13(22)17-6-7-18-16-5-4-14-12-15(23)8-10-20(14,2)19(16)9-11-21(17,18)3;/h12-13,16-19H,4-11,22H2,1-3H3;1H/t13?,16-,17+,18-,19-,20-,21+;/m0./s1. The third-order valence-electron chi connectivity index (χ3n) is 8.67. The Labute approximate surface area is 153 Å². The predicted molar refractivity (Wildman–Crippen MR) is 101 cm³/mol. The van der Waals surface area contributed by atoms with E-state index in [0.29, 0.717) is 28.6 Å². The molecule has 0 aromatic carbocycles. The highest BCUT2D eigenvalue weighted by Crippen LogP contribution is 2.66. The molecule has 4 rings (SSSR count). The first-order chi connectivity index (χ1) is 10.9. The van der Waals surface area contributed by atoms with Crippen molar-refractivity contribution in [2.75, 3.05) is 0 Å². The van der Waals surface area contributed by atoms with Gasteiger partial charge in [-0.25, -0.2) is 0 Å². The van der Waals surface area contributed by atoms with Crippen molar-refractivity contribution in [3.05, 3.63) is 11.6 Å². The maximum atomic E-state index is 11.9. The van der Waals surface area contributed by atoms with Gasteiger partial charge in [-0.1, -0.05) is 19.4 Å². The number of halogens is 1. The van der Waals surface area contributed by atoms with E-state index in [0.717, 1.165) is 30.6 Å². The fourth-order valence-electron chi connectivity index (χ4n) is 7.46. The summed E-state index contributed by atoms with van der Waals surface area (Å²) >= 11 is 0. The van der Waals surface area contributed by atoms with Crippen molar-refractivity contribution in [2.45, 2.75) is 78.2 Å². The molecule has 0 spiro atoms. The number of allylic oxidation sites excluding steroid dienone is 1. The van der Waals surface area contributed by atoms with E-state index in [1.807, 2.05) is 6.08 Å². The van der Waals surface area contributed by atoms with Crippen LogP contribution >= 0.6 is 12.4 Å². The average Bonchev–Trinajstić information content (AvgIpc) is 2.85. The molecule has 4 aliphatic rings. The van der Waals surface area contributed by atoms with Crippen LogP contribution < -0.4 is 5.73 Å². The van der Waals surface area contributed by atoms with E-state index < -0.39 is 0 Å². The molecular weight excluding hydrogens is 318 g/mol. The van der Waals surface area contributed by atoms with Gasteiger partial charge in [0.1, 0.15) is 0 Å². The highest BCUT2D eigenvalue weighted by molar-refractivity contribution is 5.91. The van der Waals surface area contributed by atoms with Gasteiger partial charge in [0.15, 0.2) is 5.78 Å². The van der Waals surface area contributed by atoms with E-state index >= 15 is 0 Å². The first-order valence-electron chi connectivity index (χ1n) is 9.86. The molecule has 136 valence electrons. The van der Waals surface area contributed by atoms with Gasteiger partial charge in [-0.2, -0.15) is 0 Å². The summed E-state index contributed by atoms with van der Waals surface area (Å²) in [5, 5.41) is 0. The van der Waals surface area contributed by atoms with Crippen molar-refractivity contribution in [3.63, 3.8) is 0 Å². The molecule has 2 N–H and O–H groups in total. The summed E-state index contributed by atoms with van der Waals surface area (Å²) in [6.07, 6.45) is 11.8. The summed E-state index contributed by atoms with van der Waals surface area (Å²) < 4.78 is 0. The molecule has 0 radical (unpaired) electrons. The lowest BCUT2D eigenvalue weighted by atomic mass is 9.46. The molecule has 0 aliphatic heterocycles. The Morgan fingerprint density at radius 3 is 2.54 bits per heavy atom. The number of hydrogen-bond donors (Lipinski definition) is 1. The fourth-order valence-corrected chi connectivity index (χ4v) is 7.46. The zero-order valence-corrected chi connectivity index (χ0v) is 16.3. The Hall–Kier alpha value is -0.340. The van der Waals surface area contributed by atoms with Crippen LogP contribution in [-0.4, -0.2) is 11.8 Å². The zero-order chi connectivity index (χ0) is 16.4. The van der Waals surface area contributed by atoms with Crippen molar-refractivity contribution in [2.24, 2.45) is 40.2 Å². The summed E-state index contributed by atoms with van der Waals surface area (Å²) in [4.78, 5) is 11.9. The molecule has 2 nitrogen and oxygen atoms in total. The molecule has 3 fully saturated rings. The molecular formula is C21H34ClNO. The van der Waals surface area contributed by atoms with Crippen LogP contribution in [0, 0.1) is 34.5 Å². The molecule has 0 bridgehead atoms. The van der Waals surface area contributed by atoms with E-state index in [2.05, 4.69) is 20.8 Å². The second-order valence-corrected chi connectivity index (χ2v) is 9.56. The smallest absolute Gasteiger partial charge is 0.155 e. The Balaban J connectivity index is 0.00000169. The predicted octanol–water partition coefficient (Wildman–Crippen LogP) is 4.90. The Morgan fingerprint density at radius 2 is 1.83 bits per heavy atom. The van der Waals surface area contributed by atoms with Crippen molar-refractivity contribution in [1.82, 2.24) is 0 Å². The van der Waals surface area contributed by atoms with Crippen LogP contribution in [0.15, 0.2) is 11.6 Å². The molecule has 0 aromatic heterocycles. The van der Waals surface area contributed by atoms with Crippen LogP contribution in [0.1, 0.15) is 72.1 Å². The number of carbonyl (C=O) groups excluding carboxylic acids is 1. The minimum absolute atomic E-state index is 0. The molecule has 7 atom stereocenters. The van der Waals surface area contributed by atoms with E-state index in [1.54, 1.807) is 0 Å². The van der Waals surface area contributed by atoms with Crippen LogP contribution in [0.5, 0.6) is 0 Å². The van der Waals surface area contributed by atoms with Gasteiger partial charge in [0.05, 0.1) is 0 Å². The molecule has 3 saturated carbocycles. The van der Waals surface area contributed by atoms with Gasteiger partial charge in [0.2, 0.25) is 0 Å². The monoisotopic (exact) mass is 351 g/mol. The number of hydrogen-bond acceptors (Lipinski definition) is 2. The lowest BCUT2D eigenvalue weighted by Crippen LogP contribution is -2.51. The second-order valence-electron chi connectivity index (χ2n) is 9.56. The highest BCUT2D eigenvalue weighted by Gasteiger charge is 2.59. The number of nitrogens with two attached hydrogens (primary N) is 1. The maximum Gasteiger partial charge on any atom is 0.155 e. The van der Waals surface area contributed by atoms with Crippen molar-refractivity contribution in [3.8, 4) is 0 Å². The van der Waals surface area contributed by atoms with Crippen LogP contribution in [0.2, 0.25) is 0 Å². The lowest BCUT2D eigenvalue weighted by molar-refractivity contribution is -0.117. The van der Waals surface area contributed by atoms with Crippen LogP contribution in [0.4, 0.5) is 0 Å². The maximum absolute atomic E-state index is 11.9. The normalized spacial score (nSPS) is 48.5. The van der Waals surface area contributed by atoms with Crippen molar-refractivity contribution >= 4 is 18.2 Å². The van der Waals surface area contributed by atoms with Gasteiger partial charge in [-0.05, 0) is 92.4 Å². The Morgan fingerprint density at radius 1 is 1.08 bits per heavy atom. The Bertz CT molecular complexity index is 556. The third kappa shape index (κ3) is 2.43. The number of ketones is 1. The number of rotatable bonds is 1. The van der Waals surface area contributed by atoms with Crippen LogP contribution in [0.3, 0.4) is 0 Å². The van der Waals surface area contributed by atoms with E-state index in [-0.39, 0.29) is 12.4 Å². The summed E-state index contributed by atoms with van der Waals surface area (Å²) in [7, 11) is 0. The average molecular weight is 352 g/mol. The van der Waals surface area contributed by atoms with Crippen LogP contribution in [-0.2, 0) is 4.79 Å². The summed E-state index contributed by atoms with van der Waals surface area (Å²) in [6.45, 7) is 7.25. The molecule has 0 amide bonds. The zero-order valence-electron chi connectivity index (χ0n) is 15.5. The van der Waals surface area contributed by atoms with Gasteiger partial charge in [-0.3, -0.25) is 4.79 Å². The summed E-state index contributed by atoms with van der Waals surface area (Å²) in [5.41, 5.74) is 8.62.